The first-order chi connectivity index (χ1) is 12.6. The molecule has 0 radical (unpaired) electrons. The van der Waals surface area contributed by atoms with E-state index in [1.54, 1.807) is 23.9 Å². The molecule has 0 heterocycles. The van der Waals surface area contributed by atoms with Crippen molar-refractivity contribution >= 4 is 45.8 Å². The molecule has 26 heavy (non-hydrogen) atoms. The summed E-state index contributed by atoms with van der Waals surface area (Å²) in [6, 6.07) is 25.2. The molecule has 0 aromatic heterocycles. The molecule has 5 heteroatoms. The fourth-order valence-corrected chi connectivity index (χ4v) is 5.66. The Morgan fingerprint density at radius 3 is 2.00 bits per heavy atom. The van der Waals surface area contributed by atoms with Crippen LogP contribution in [0.25, 0.3) is 0 Å². The Balaban J connectivity index is 1.78. The van der Waals surface area contributed by atoms with Gasteiger partial charge in [-0.15, -0.1) is 11.8 Å². The molecule has 0 aliphatic rings. The molecule has 3 rings (SSSR count). The Bertz CT molecular complexity index is 849. The number of aryl methyl sites for hydroxylation is 1. The van der Waals surface area contributed by atoms with Crippen molar-refractivity contribution in [2.24, 2.45) is 0 Å². The number of halogens is 2. The SMILES string of the molecule is O=S(c1ccc(Cl)cc1)C(CCc1ccccc1)Sc1ccc(Cl)cc1. The molecule has 0 saturated carbocycles. The van der Waals surface area contributed by atoms with Crippen LogP contribution in [0, 0.1) is 0 Å². The van der Waals surface area contributed by atoms with Gasteiger partial charge in [-0.1, -0.05) is 53.5 Å². The average Bonchev–Trinajstić information content (AvgIpc) is 2.67. The highest BCUT2D eigenvalue weighted by atomic mass is 35.5. The van der Waals surface area contributed by atoms with Crippen molar-refractivity contribution in [1.82, 2.24) is 0 Å². The van der Waals surface area contributed by atoms with Gasteiger partial charge in [0.1, 0.15) is 0 Å². The Labute approximate surface area is 171 Å². The van der Waals surface area contributed by atoms with Crippen LogP contribution in [-0.4, -0.2) is 8.79 Å². The van der Waals surface area contributed by atoms with Crippen LogP contribution in [0.5, 0.6) is 0 Å². The Kier molecular flexibility index (Phi) is 7.21. The van der Waals surface area contributed by atoms with Crippen molar-refractivity contribution in [3.8, 4) is 0 Å². The van der Waals surface area contributed by atoms with Gasteiger partial charge in [-0.3, -0.25) is 4.21 Å². The smallest absolute Gasteiger partial charge is 0.0898 e. The standard InChI is InChI=1S/C21H18Cl2OS2/c22-17-7-11-19(12-8-17)25-21(15-6-16-4-2-1-3-5-16)26(24)20-13-9-18(23)10-14-20/h1-5,7-14,21H,6,15H2. The van der Waals surface area contributed by atoms with Gasteiger partial charge in [-0.05, 0) is 66.9 Å². The molecule has 0 spiro atoms. The Hall–Kier alpha value is -1.26. The molecule has 3 aromatic carbocycles. The molecular formula is C21H18Cl2OS2. The summed E-state index contributed by atoms with van der Waals surface area (Å²) in [6.07, 6.45) is 1.69. The van der Waals surface area contributed by atoms with Gasteiger partial charge < -0.3 is 0 Å². The highest BCUT2D eigenvalue weighted by Crippen LogP contribution is 2.32. The van der Waals surface area contributed by atoms with E-state index in [4.69, 9.17) is 23.2 Å². The lowest BCUT2D eigenvalue weighted by molar-refractivity contribution is 0.677. The normalized spacial score (nSPS) is 13.3. The summed E-state index contributed by atoms with van der Waals surface area (Å²) in [6.45, 7) is 0. The summed E-state index contributed by atoms with van der Waals surface area (Å²) in [5.74, 6) is 0. The highest BCUT2D eigenvalue weighted by Gasteiger charge is 2.20. The lowest BCUT2D eigenvalue weighted by Gasteiger charge is -2.17. The lowest BCUT2D eigenvalue weighted by atomic mass is 10.1. The number of hydrogen-bond acceptors (Lipinski definition) is 2. The summed E-state index contributed by atoms with van der Waals surface area (Å²) in [5.41, 5.74) is 1.25. The third-order valence-corrected chi connectivity index (χ3v) is 7.69. The maximum atomic E-state index is 13.2. The van der Waals surface area contributed by atoms with E-state index in [0.717, 1.165) is 22.6 Å². The van der Waals surface area contributed by atoms with Crippen LogP contribution >= 0.6 is 35.0 Å². The van der Waals surface area contributed by atoms with Crippen LogP contribution < -0.4 is 0 Å². The maximum Gasteiger partial charge on any atom is 0.0898 e. The molecule has 0 aliphatic heterocycles. The molecule has 0 saturated heterocycles. The molecule has 3 aromatic rings. The first-order valence-electron chi connectivity index (χ1n) is 8.24. The van der Waals surface area contributed by atoms with E-state index < -0.39 is 10.8 Å². The quantitative estimate of drug-likeness (QED) is 0.388. The zero-order chi connectivity index (χ0) is 18.4. The second-order valence-corrected chi connectivity index (χ2v) is 9.86. The largest absolute Gasteiger partial charge is 0.253 e. The number of hydrogen-bond donors (Lipinski definition) is 0. The van der Waals surface area contributed by atoms with Crippen molar-refractivity contribution in [1.29, 1.82) is 0 Å². The second-order valence-electron chi connectivity index (χ2n) is 5.78. The zero-order valence-corrected chi connectivity index (χ0v) is 17.1. The molecule has 0 N–H and O–H groups in total. The maximum absolute atomic E-state index is 13.2. The third-order valence-electron chi connectivity index (χ3n) is 3.88. The minimum absolute atomic E-state index is 0.0578. The fourth-order valence-electron chi connectivity index (χ4n) is 2.52. The van der Waals surface area contributed by atoms with Gasteiger partial charge in [0, 0.05) is 19.8 Å². The van der Waals surface area contributed by atoms with E-state index in [1.165, 1.54) is 5.56 Å². The van der Waals surface area contributed by atoms with Crippen molar-refractivity contribution in [2.45, 2.75) is 27.2 Å². The van der Waals surface area contributed by atoms with Crippen LogP contribution in [0.2, 0.25) is 10.0 Å². The van der Waals surface area contributed by atoms with Gasteiger partial charge in [0.05, 0.1) is 15.4 Å². The van der Waals surface area contributed by atoms with E-state index in [2.05, 4.69) is 12.1 Å². The number of benzene rings is 3. The van der Waals surface area contributed by atoms with Crippen LogP contribution in [0.15, 0.2) is 88.7 Å². The van der Waals surface area contributed by atoms with Gasteiger partial charge >= 0.3 is 0 Å². The molecule has 0 aliphatic carbocycles. The predicted octanol–water partition coefficient (Wildman–Crippen LogP) is 6.85. The van der Waals surface area contributed by atoms with E-state index in [0.29, 0.717) is 10.0 Å². The fraction of sp³-hybridized carbons (Fsp3) is 0.143. The van der Waals surface area contributed by atoms with Crippen molar-refractivity contribution in [3.63, 3.8) is 0 Å². The summed E-state index contributed by atoms with van der Waals surface area (Å²) in [5, 5.41) is 1.35. The summed E-state index contributed by atoms with van der Waals surface area (Å²) >= 11 is 13.6. The molecule has 0 bridgehead atoms. The summed E-state index contributed by atoms with van der Waals surface area (Å²) < 4.78 is 13.1. The van der Waals surface area contributed by atoms with Crippen LogP contribution in [0.3, 0.4) is 0 Å². The monoisotopic (exact) mass is 420 g/mol. The molecule has 2 unspecified atom stereocenters. The van der Waals surface area contributed by atoms with Crippen molar-refractivity contribution in [3.05, 3.63) is 94.5 Å². The first kappa shape index (κ1) is 19.5. The summed E-state index contributed by atoms with van der Waals surface area (Å²) in [4.78, 5) is 1.86. The molecule has 0 fully saturated rings. The summed E-state index contributed by atoms with van der Waals surface area (Å²) in [7, 11) is -1.14. The lowest BCUT2D eigenvalue weighted by Crippen LogP contribution is -2.12. The average molecular weight is 421 g/mol. The third kappa shape index (κ3) is 5.62. The van der Waals surface area contributed by atoms with Crippen molar-refractivity contribution < 1.29 is 4.21 Å². The molecule has 1 nitrogen and oxygen atoms in total. The van der Waals surface area contributed by atoms with Gasteiger partial charge in [0.15, 0.2) is 0 Å². The topological polar surface area (TPSA) is 17.1 Å². The van der Waals surface area contributed by atoms with E-state index in [-0.39, 0.29) is 4.58 Å². The number of thioether (sulfide) groups is 1. The highest BCUT2D eigenvalue weighted by molar-refractivity contribution is 8.11. The molecule has 2 atom stereocenters. The van der Waals surface area contributed by atoms with E-state index >= 15 is 0 Å². The Morgan fingerprint density at radius 2 is 1.38 bits per heavy atom. The van der Waals surface area contributed by atoms with Crippen molar-refractivity contribution in [2.75, 3.05) is 0 Å². The van der Waals surface area contributed by atoms with Gasteiger partial charge in [-0.25, -0.2) is 0 Å². The molecule has 0 amide bonds. The second kappa shape index (κ2) is 9.61. The van der Waals surface area contributed by atoms with E-state index in [9.17, 15) is 4.21 Å². The number of rotatable bonds is 7. The molecular weight excluding hydrogens is 403 g/mol. The van der Waals surface area contributed by atoms with Gasteiger partial charge in [0.2, 0.25) is 0 Å². The minimum atomic E-state index is -1.14. The first-order valence-corrected chi connectivity index (χ1v) is 11.1. The van der Waals surface area contributed by atoms with Crippen LogP contribution in [-0.2, 0) is 17.2 Å². The zero-order valence-electron chi connectivity index (χ0n) is 14.0. The van der Waals surface area contributed by atoms with Gasteiger partial charge in [0.25, 0.3) is 0 Å². The van der Waals surface area contributed by atoms with Crippen LogP contribution in [0.4, 0.5) is 0 Å². The molecule has 134 valence electrons. The van der Waals surface area contributed by atoms with E-state index in [1.807, 2.05) is 54.6 Å². The predicted molar refractivity (Wildman–Crippen MR) is 114 cm³/mol. The van der Waals surface area contributed by atoms with Crippen LogP contribution in [0.1, 0.15) is 12.0 Å². The minimum Gasteiger partial charge on any atom is -0.253 e. The Morgan fingerprint density at radius 1 is 0.808 bits per heavy atom. The van der Waals surface area contributed by atoms with Gasteiger partial charge in [-0.2, -0.15) is 0 Å².